The van der Waals surface area contributed by atoms with Gasteiger partial charge >= 0.3 is 0 Å². The average Bonchev–Trinajstić information content (AvgIpc) is 3.25. The quantitative estimate of drug-likeness (QED) is 0.366. The minimum absolute atomic E-state index is 0.237. The molecule has 0 aliphatic carbocycles. The predicted octanol–water partition coefficient (Wildman–Crippen LogP) is 4.08. The fourth-order valence-electron chi connectivity index (χ4n) is 2.85. The van der Waals surface area contributed by atoms with Gasteiger partial charge in [-0.15, -0.1) is 0 Å². The Labute approximate surface area is 172 Å². The van der Waals surface area contributed by atoms with Gasteiger partial charge in [-0.05, 0) is 60.7 Å². The molecule has 4 N–H and O–H groups in total. The molecule has 30 heavy (non-hydrogen) atoms. The molecule has 8 nitrogen and oxygen atoms in total. The number of nitrogens with zero attached hydrogens (tertiary/aromatic N) is 2. The largest absolute Gasteiger partial charge is 0.346 e. The molecule has 0 radical (unpaired) electrons. The lowest BCUT2D eigenvalue weighted by molar-refractivity contribution is -0.111. The van der Waals surface area contributed by atoms with Crippen LogP contribution in [0.25, 0.3) is 11.0 Å². The summed E-state index contributed by atoms with van der Waals surface area (Å²) in [7, 11) is 0. The van der Waals surface area contributed by atoms with Crippen LogP contribution in [0.4, 0.5) is 22.9 Å². The topological polar surface area (TPSA) is 112 Å². The van der Waals surface area contributed by atoms with Crippen LogP contribution in [0.1, 0.15) is 10.4 Å². The van der Waals surface area contributed by atoms with E-state index in [0.717, 1.165) is 16.7 Å². The second-order valence-electron chi connectivity index (χ2n) is 6.39. The Bertz CT molecular complexity index is 1210. The zero-order valence-electron chi connectivity index (χ0n) is 15.8. The zero-order chi connectivity index (χ0) is 20.9. The molecule has 148 valence electrons. The van der Waals surface area contributed by atoms with Crippen LogP contribution < -0.4 is 16.0 Å². The smallest absolute Gasteiger partial charge is 0.255 e. The number of hydrogen-bond donors (Lipinski definition) is 4. The van der Waals surface area contributed by atoms with E-state index in [0.29, 0.717) is 22.8 Å². The summed E-state index contributed by atoms with van der Waals surface area (Å²) in [6.45, 7) is 3.41. The minimum Gasteiger partial charge on any atom is -0.346 e. The van der Waals surface area contributed by atoms with Gasteiger partial charge in [0.05, 0.1) is 5.39 Å². The molecule has 0 aliphatic heterocycles. The average molecular weight is 398 g/mol. The van der Waals surface area contributed by atoms with Crippen LogP contribution in [0.5, 0.6) is 0 Å². The summed E-state index contributed by atoms with van der Waals surface area (Å²) in [5, 5.41) is 9.59. The first-order valence-corrected chi connectivity index (χ1v) is 9.12. The first-order chi connectivity index (χ1) is 14.6. The summed E-state index contributed by atoms with van der Waals surface area (Å²) in [6, 6.07) is 15.8. The van der Waals surface area contributed by atoms with E-state index in [-0.39, 0.29) is 11.8 Å². The summed E-state index contributed by atoms with van der Waals surface area (Å²) >= 11 is 0. The number of aromatic amines is 1. The lowest BCUT2D eigenvalue weighted by Crippen LogP contribution is -2.12. The molecule has 0 saturated heterocycles. The van der Waals surface area contributed by atoms with Crippen molar-refractivity contribution in [3.63, 3.8) is 0 Å². The molecule has 2 aromatic heterocycles. The number of rotatable bonds is 6. The highest BCUT2D eigenvalue weighted by Gasteiger charge is 2.08. The van der Waals surface area contributed by atoms with Crippen LogP contribution in [0.2, 0.25) is 0 Å². The third kappa shape index (κ3) is 4.17. The van der Waals surface area contributed by atoms with Crippen molar-refractivity contribution in [1.29, 1.82) is 0 Å². The Balaban J connectivity index is 1.41. The normalized spacial score (nSPS) is 10.4. The maximum atomic E-state index is 12.5. The van der Waals surface area contributed by atoms with Gasteiger partial charge < -0.3 is 20.9 Å². The number of fused-ring (bicyclic) bond motifs is 1. The van der Waals surface area contributed by atoms with Crippen LogP contribution in [-0.2, 0) is 4.79 Å². The Morgan fingerprint density at radius 1 is 0.867 bits per heavy atom. The van der Waals surface area contributed by atoms with Crippen molar-refractivity contribution in [2.45, 2.75) is 0 Å². The zero-order valence-corrected chi connectivity index (χ0v) is 15.8. The van der Waals surface area contributed by atoms with Crippen molar-refractivity contribution in [1.82, 2.24) is 15.0 Å². The van der Waals surface area contributed by atoms with E-state index >= 15 is 0 Å². The summed E-state index contributed by atoms with van der Waals surface area (Å²) in [6.07, 6.45) is 4.48. The van der Waals surface area contributed by atoms with Crippen LogP contribution in [-0.4, -0.2) is 26.8 Å². The second kappa shape index (κ2) is 8.27. The standard InChI is InChI=1S/C22H18N6O2/c1-2-19(29)26-15-7-9-17(10-8-15)28-22(30)14-3-5-16(6-4-14)27-21-18-11-12-23-20(18)24-13-25-21/h2-13H,1H2,(H,26,29)(H,28,30)(H2,23,24,25,27). The second-order valence-corrected chi connectivity index (χ2v) is 6.39. The Morgan fingerprint density at radius 2 is 1.53 bits per heavy atom. The minimum atomic E-state index is -0.292. The summed E-state index contributed by atoms with van der Waals surface area (Å²) < 4.78 is 0. The van der Waals surface area contributed by atoms with E-state index in [1.54, 1.807) is 42.6 Å². The third-order valence-corrected chi connectivity index (χ3v) is 4.36. The molecule has 4 rings (SSSR count). The van der Waals surface area contributed by atoms with E-state index in [4.69, 9.17) is 0 Å². The Kier molecular flexibility index (Phi) is 5.21. The van der Waals surface area contributed by atoms with Crippen molar-refractivity contribution in [2.24, 2.45) is 0 Å². The lowest BCUT2D eigenvalue weighted by atomic mass is 10.2. The van der Waals surface area contributed by atoms with Crippen LogP contribution in [0.3, 0.4) is 0 Å². The number of aromatic nitrogens is 3. The third-order valence-electron chi connectivity index (χ3n) is 4.36. The predicted molar refractivity (Wildman–Crippen MR) is 117 cm³/mol. The van der Waals surface area contributed by atoms with Crippen molar-refractivity contribution >= 4 is 45.7 Å². The number of benzene rings is 2. The first-order valence-electron chi connectivity index (χ1n) is 9.12. The van der Waals surface area contributed by atoms with Crippen molar-refractivity contribution in [3.05, 3.63) is 85.3 Å². The highest BCUT2D eigenvalue weighted by Crippen LogP contribution is 2.22. The van der Waals surface area contributed by atoms with Crippen LogP contribution in [0, 0.1) is 0 Å². The van der Waals surface area contributed by atoms with Crippen molar-refractivity contribution < 1.29 is 9.59 Å². The molecular weight excluding hydrogens is 380 g/mol. The number of anilines is 4. The molecule has 8 heteroatoms. The number of hydrogen-bond acceptors (Lipinski definition) is 5. The SMILES string of the molecule is C=CC(=O)Nc1ccc(NC(=O)c2ccc(Nc3ncnc4[nH]ccc34)cc2)cc1. The number of amides is 2. The molecule has 0 saturated carbocycles. The van der Waals surface area contributed by atoms with E-state index in [1.165, 1.54) is 12.4 Å². The van der Waals surface area contributed by atoms with Gasteiger partial charge in [0.1, 0.15) is 17.8 Å². The monoisotopic (exact) mass is 398 g/mol. The number of H-pyrrole nitrogens is 1. The van der Waals surface area contributed by atoms with E-state index in [9.17, 15) is 9.59 Å². The molecule has 4 aromatic rings. The van der Waals surface area contributed by atoms with Crippen molar-refractivity contribution in [2.75, 3.05) is 16.0 Å². The molecular formula is C22H18N6O2. The van der Waals surface area contributed by atoms with Gasteiger partial charge in [0, 0.05) is 28.8 Å². The van der Waals surface area contributed by atoms with Crippen LogP contribution >= 0.6 is 0 Å². The van der Waals surface area contributed by atoms with Gasteiger partial charge in [-0.2, -0.15) is 0 Å². The maximum absolute atomic E-state index is 12.5. The maximum Gasteiger partial charge on any atom is 0.255 e. The number of carbonyl (C=O) groups excluding carboxylic acids is 2. The summed E-state index contributed by atoms with van der Waals surface area (Å²) in [5.74, 6) is 0.154. The summed E-state index contributed by atoms with van der Waals surface area (Å²) in [5.41, 5.74) is 3.30. The van der Waals surface area contributed by atoms with Gasteiger partial charge in [0.15, 0.2) is 0 Å². The molecule has 2 heterocycles. The molecule has 2 amide bonds. The molecule has 0 spiro atoms. The first kappa shape index (κ1) is 18.9. The fourth-order valence-corrected chi connectivity index (χ4v) is 2.85. The van der Waals surface area contributed by atoms with E-state index in [2.05, 4.69) is 37.5 Å². The van der Waals surface area contributed by atoms with Gasteiger partial charge in [-0.25, -0.2) is 9.97 Å². The van der Waals surface area contributed by atoms with Gasteiger partial charge in [-0.1, -0.05) is 6.58 Å². The van der Waals surface area contributed by atoms with Gasteiger partial charge in [0.25, 0.3) is 5.91 Å². The van der Waals surface area contributed by atoms with E-state index in [1.807, 2.05) is 18.2 Å². The molecule has 0 bridgehead atoms. The highest BCUT2D eigenvalue weighted by molar-refractivity contribution is 6.05. The molecule has 2 aromatic carbocycles. The number of carbonyl (C=O) groups is 2. The molecule has 0 aliphatic rings. The fraction of sp³-hybridized carbons (Fsp3) is 0. The van der Waals surface area contributed by atoms with E-state index < -0.39 is 0 Å². The number of nitrogens with one attached hydrogen (secondary N) is 4. The van der Waals surface area contributed by atoms with Crippen LogP contribution in [0.15, 0.2) is 79.8 Å². The van der Waals surface area contributed by atoms with Gasteiger partial charge in [-0.3, -0.25) is 9.59 Å². The van der Waals surface area contributed by atoms with Crippen molar-refractivity contribution in [3.8, 4) is 0 Å². The molecule has 0 fully saturated rings. The summed E-state index contributed by atoms with van der Waals surface area (Å²) in [4.78, 5) is 35.3. The highest BCUT2D eigenvalue weighted by atomic mass is 16.2. The lowest BCUT2D eigenvalue weighted by Gasteiger charge is -2.09. The molecule has 0 unspecified atom stereocenters. The Morgan fingerprint density at radius 3 is 2.23 bits per heavy atom. The van der Waals surface area contributed by atoms with Gasteiger partial charge in [0.2, 0.25) is 5.91 Å². The Hall–Kier alpha value is -4.46. The molecule has 0 atom stereocenters.